The number of pyridine rings is 2. The van der Waals surface area contributed by atoms with E-state index in [9.17, 15) is 0 Å². The summed E-state index contributed by atoms with van der Waals surface area (Å²) in [5.74, 6) is 0. The minimum atomic E-state index is 0.940. The van der Waals surface area contributed by atoms with Crippen LogP contribution < -0.4 is 4.90 Å². The van der Waals surface area contributed by atoms with E-state index in [1.54, 1.807) is 0 Å². The Morgan fingerprint density at radius 2 is 0.933 bits per heavy atom. The molecule has 12 aromatic rings. The lowest BCUT2D eigenvalue weighted by molar-refractivity contribution is 1.29. The summed E-state index contributed by atoms with van der Waals surface area (Å²) in [4.78, 5) is 7.93. The van der Waals surface area contributed by atoms with Crippen LogP contribution in [0.25, 0.3) is 93.6 Å². The Labute approximate surface area is 348 Å². The molecule has 0 spiro atoms. The smallest absolute Gasteiger partial charge is 0.0737 e. The summed E-state index contributed by atoms with van der Waals surface area (Å²) in [5.41, 5.74) is 15.6. The molecule has 0 radical (unpaired) electrons. The molecular formula is C57H37N3. The van der Waals surface area contributed by atoms with E-state index >= 15 is 0 Å². The highest BCUT2D eigenvalue weighted by Crippen LogP contribution is 2.50. The predicted octanol–water partition coefficient (Wildman–Crippen LogP) is 15.5. The number of para-hydroxylation sites is 3. The first-order valence-corrected chi connectivity index (χ1v) is 20.6. The summed E-state index contributed by atoms with van der Waals surface area (Å²) >= 11 is 0. The van der Waals surface area contributed by atoms with Gasteiger partial charge >= 0.3 is 0 Å². The third-order valence-electron chi connectivity index (χ3n) is 12.1. The molecule has 0 saturated heterocycles. The molecule has 0 saturated carbocycles. The van der Waals surface area contributed by atoms with Crippen LogP contribution in [0, 0.1) is 0 Å². The average molecular weight is 764 g/mol. The normalized spacial score (nSPS) is 11.7. The Hall–Kier alpha value is -8.01. The zero-order valence-electron chi connectivity index (χ0n) is 32.7. The zero-order chi connectivity index (χ0) is 39.6. The number of fused-ring (bicyclic) bond motifs is 5. The monoisotopic (exact) mass is 763 g/mol. The Bertz CT molecular complexity index is 3460. The Morgan fingerprint density at radius 1 is 0.350 bits per heavy atom. The summed E-state index contributed by atoms with van der Waals surface area (Å²) in [5, 5.41) is 7.31. The third kappa shape index (κ3) is 5.33. The molecule has 60 heavy (non-hydrogen) atoms. The fourth-order valence-corrected chi connectivity index (χ4v) is 9.50. The molecule has 0 atom stereocenters. The number of anilines is 3. The van der Waals surface area contributed by atoms with Gasteiger partial charge in [-0.3, -0.25) is 0 Å². The van der Waals surface area contributed by atoms with E-state index in [1.165, 1.54) is 54.5 Å². The largest absolute Gasteiger partial charge is 0.309 e. The Kier molecular flexibility index (Phi) is 7.85. The SMILES string of the molecule is c1ccc(-c2cc(-c3ccccc3)nc(-c3cccc4c5ccc(N(c6ccccc6)c6ccccc6-c6ccccc6)c6c7cccc8cccc(c87)n(c34)c56)c2)cc1. The molecule has 3 heteroatoms. The lowest BCUT2D eigenvalue weighted by Gasteiger charge is -2.29. The standard InChI is InChI=1S/C57H37N3/c1-5-18-38(19-6-1)42-36-49(40-22-9-3-10-23-40)58-50(37-42)47-30-17-29-45-46-34-35-53(55-48-31-15-24-41-25-16-33-52(54(41)48)60(56(45)47)57(46)55)59(43-26-11-4-12-27-43)51-32-14-13-28-44(51)39-20-7-2-8-21-39/h1-37H. The number of hydrogen-bond donors (Lipinski definition) is 0. The van der Waals surface area contributed by atoms with Gasteiger partial charge in [-0.2, -0.15) is 0 Å². The highest BCUT2D eigenvalue weighted by atomic mass is 15.1. The molecule has 280 valence electrons. The van der Waals surface area contributed by atoms with Gasteiger partial charge in [-0.15, -0.1) is 0 Å². The van der Waals surface area contributed by atoms with E-state index in [4.69, 9.17) is 4.98 Å². The Balaban J connectivity index is 1.22. The molecule has 0 bridgehead atoms. The van der Waals surface area contributed by atoms with E-state index in [-0.39, 0.29) is 0 Å². The summed E-state index contributed by atoms with van der Waals surface area (Å²) in [7, 11) is 0. The Morgan fingerprint density at radius 3 is 1.70 bits per heavy atom. The number of hydrogen-bond acceptors (Lipinski definition) is 2. The van der Waals surface area contributed by atoms with Gasteiger partial charge in [0.05, 0.1) is 39.3 Å². The van der Waals surface area contributed by atoms with Gasteiger partial charge in [-0.25, -0.2) is 4.98 Å². The van der Waals surface area contributed by atoms with Gasteiger partial charge in [0.2, 0.25) is 0 Å². The van der Waals surface area contributed by atoms with Crippen molar-refractivity contribution in [3.63, 3.8) is 0 Å². The van der Waals surface area contributed by atoms with Crippen LogP contribution in [0.2, 0.25) is 0 Å². The lowest BCUT2D eigenvalue weighted by atomic mass is 9.96. The summed E-state index contributed by atoms with van der Waals surface area (Å²) in [6, 6.07) is 81.0. The van der Waals surface area contributed by atoms with Crippen molar-refractivity contribution < 1.29 is 0 Å². The van der Waals surface area contributed by atoms with Crippen LogP contribution >= 0.6 is 0 Å². The lowest BCUT2D eigenvalue weighted by Crippen LogP contribution is -2.12. The minimum absolute atomic E-state index is 0.940. The zero-order valence-corrected chi connectivity index (χ0v) is 32.7. The van der Waals surface area contributed by atoms with E-state index in [2.05, 4.69) is 234 Å². The van der Waals surface area contributed by atoms with Crippen LogP contribution in [0.5, 0.6) is 0 Å². The number of rotatable bonds is 7. The average Bonchev–Trinajstić information content (AvgIpc) is 3.67. The molecule has 0 N–H and O–H groups in total. The van der Waals surface area contributed by atoms with Gasteiger partial charge in [0.1, 0.15) is 0 Å². The van der Waals surface area contributed by atoms with E-state index < -0.39 is 0 Å². The fraction of sp³-hybridized carbons (Fsp3) is 0. The van der Waals surface area contributed by atoms with Crippen molar-refractivity contribution in [2.75, 3.05) is 4.90 Å². The van der Waals surface area contributed by atoms with E-state index in [0.29, 0.717) is 0 Å². The second-order valence-corrected chi connectivity index (χ2v) is 15.5. The maximum absolute atomic E-state index is 5.47. The maximum Gasteiger partial charge on any atom is 0.0737 e. The first kappa shape index (κ1) is 34.1. The second-order valence-electron chi connectivity index (χ2n) is 15.5. The quantitative estimate of drug-likeness (QED) is 0.119. The fourth-order valence-electron chi connectivity index (χ4n) is 9.50. The molecule has 0 unspecified atom stereocenters. The number of nitrogens with zero attached hydrogens (tertiary/aromatic N) is 3. The van der Waals surface area contributed by atoms with E-state index in [0.717, 1.165) is 56.2 Å². The van der Waals surface area contributed by atoms with Crippen molar-refractivity contribution in [3.8, 4) is 44.8 Å². The van der Waals surface area contributed by atoms with Gasteiger partial charge < -0.3 is 9.30 Å². The highest BCUT2D eigenvalue weighted by molar-refractivity contribution is 6.31. The molecule has 0 aliphatic rings. The van der Waals surface area contributed by atoms with Crippen LogP contribution in [0.15, 0.2) is 224 Å². The van der Waals surface area contributed by atoms with Gasteiger partial charge in [-0.1, -0.05) is 182 Å². The van der Waals surface area contributed by atoms with E-state index in [1.807, 2.05) is 0 Å². The van der Waals surface area contributed by atoms with Crippen LogP contribution in [-0.4, -0.2) is 9.38 Å². The molecule has 3 aromatic heterocycles. The van der Waals surface area contributed by atoms with Crippen molar-refractivity contribution in [3.05, 3.63) is 224 Å². The second kappa shape index (κ2) is 13.8. The molecular weight excluding hydrogens is 727 g/mol. The van der Waals surface area contributed by atoms with Crippen LogP contribution in [0.3, 0.4) is 0 Å². The molecule has 9 aromatic carbocycles. The van der Waals surface area contributed by atoms with Gasteiger partial charge in [-0.05, 0) is 69.9 Å². The molecule has 3 nitrogen and oxygen atoms in total. The van der Waals surface area contributed by atoms with Crippen molar-refractivity contribution >= 4 is 65.9 Å². The molecule has 0 fully saturated rings. The molecule has 0 amide bonds. The van der Waals surface area contributed by atoms with Crippen molar-refractivity contribution in [1.29, 1.82) is 0 Å². The van der Waals surface area contributed by atoms with Gasteiger partial charge in [0.15, 0.2) is 0 Å². The molecule has 0 aliphatic heterocycles. The summed E-state index contributed by atoms with van der Waals surface area (Å²) < 4.78 is 2.54. The van der Waals surface area contributed by atoms with Crippen LogP contribution in [0.1, 0.15) is 0 Å². The molecule has 12 rings (SSSR count). The topological polar surface area (TPSA) is 20.5 Å². The van der Waals surface area contributed by atoms with Crippen molar-refractivity contribution in [1.82, 2.24) is 9.38 Å². The first-order valence-electron chi connectivity index (χ1n) is 20.6. The van der Waals surface area contributed by atoms with Gasteiger partial charge in [0, 0.05) is 43.9 Å². The third-order valence-corrected chi connectivity index (χ3v) is 12.1. The maximum atomic E-state index is 5.47. The van der Waals surface area contributed by atoms with Crippen LogP contribution in [0.4, 0.5) is 17.1 Å². The van der Waals surface area contributed by atoms with Crippen molar-refractivity contribution in [2.24, 2.45) is 0 Å². The number of benzene rings is 9. The first-order chi connectivity index (χ1) is 29.8. The highest BCUT2D eigenvalue weighted by Gasteiger charge is 2.26. The predicted molar refractivity (Wildman–Crippen MR) is 253 cm³/mol. The minimum Gasteiger partial charge on any atom is -0.309 e. The summed E-state index contributed by atoms with van der Waals surface area (Å²) in [6.07, 6.45) is 0. The molecule has 0 aliphatic carbocycles. The number of aromatic nitrogens is 2. The summed E-state index contributed by atoms with van der Waals surface area (Å²) in [6.45, 7) is 0. The van der Waals surface area contributed by atoms with Crippen LogP contribution in [-0.2, 0) is 0 Å². The van der Waals surface area contributed by atoms with Gasteiger partial charge in [0.25, 0.3) is 0 Å². The molecule has 3 heterocycles. The van der Waals surface area contributed by atoms with Crippen molar-refractivity contribution in [2.45, 2.75) is 0 Å².